The van der Waals surface area contributed by atoms with Crippen LogP contribution in [-0.4, -0.2) is 37.6 Å². The van der Waals surface area contributed by atoms with Crippen molar-refractivity contribution in [2.45, 2.75) is 18.6 Å². The van der Waals surface area contributed by atoms with E-state index < -0.39 is 30.1 Å². The van der Waals surface area contributed by atoms with E-state index in [2.05, 4.69) is 9.47 Å². The number of hydrogen-bond donors (Lipinski definition) is 1. The molecule has 0 aliphatic carbocycles. The van der Waals surface area contributed by atoms with Gasteiger partial charge in [-0.05, 0) is 12.1 Å². The van der Waals surface area contributed by atoms with Crippen molar-refractivity contribution in [3.05, 3.63) is 27.7 Å². The molecule has 6 nitrogen and oxygen atoms in total. The number of halogens is 2. The summed E-state index contributed by atoms with van der Waals surface area (Å²) < 4.78 is 14.6. The Morgan fingerprint density at radius 3 is 2.41 bits per heavy atom. The summed E-state index contributed by atoms with van der Waals surface area (Å²) in [6.07, 6.45) is -1.22. The number of esters is 2. The zero-order valence-electron chi connectivity index (χ0n) is 11.8. The Labute approximate surface area is 136 Å². The molecule has 1 aromatic carbocycles. The van der Waals surface area contributed by atoms with E-state index in [9.17, 15) is 14.7 Å². The summed E-state index contributed by atoms with van der Waals surface area (Å²) in [6, 6.07) is 2.99. The largest absolute Gasteiger partial charge is 0.468 e. The third-order valence-corrected chi connectivity index (χ3v) is 3.96. The van der Waals surface area contributed by atoms with Gasteiger partial charge in [-0.2, -0.15) is 0 Å². The number of fused-ring (bicyclic) bond motifs is 1. The van der Waals surface area contributed by atoms with E-state index in [1.54, 1.807) is 0 Å². The molecule has 1 aromatic rings. The first-order valence-corrected chi connectivity index (χ1v) is 7.14. The van der Waals surface area contributed by atoms with Gasteiger partial charge in [-0.3, -0.25) is 9.59 Å². The van der Waals surface area contributed by atoms with Crippen LogP contribution in [0.15, 0.2) is 12.1 Å². The van der Waals surface area contributed by atoms with Crippen LogP contribution in [-0.2, 0) is 19.1 Å². The molecule has 22 heavy (non-hydrogen) atoms. The second kappa shape index (κ2) is 6.73. The number of ether oxygens (including phenoxy) is 3. The van der Waals surface area contributed by atoms with Gasteiger partial charge in [0.2, 0.25) is 0 Å². The van der Waals surface area contributed by atoms with Gasteiger partial charge < -0.3 is 19.3 Å². The molecule has 1 N–H and O–H groups in total. The average molecular weight is 349 g/mol. The standard InChI is InChI=1S/C14H14Cl2O6/c1-20-13(18)11(14(19)21-2)7-5-10(17)22-12-8(7)3-6(15)4-9(12)16/h3-4,7,10-11,17H,5H2,1-2H3/t7-,10?/m0/s1. The third kappa shape index (κ3) is 3.14. The first-order valence-electron chi connectivity index (χ1n) is 6.38. The average Bonchev–Trinajstić information content (AvgIpc) is 2.48. The minimum absolute atomic E-state index is 0.00145. The van der Waals surface area contributed by atoms with E-state index in [4.69, 9.17) is 27.9 Å². The summed E-state index contributed by atoms with van der Waals surface area (Å²) in [5.41, 5.74) is 0.448. The van der Waals surface area contributed by atoms with E-state index in [0.29, 0.717) is 10.6 Å². The number of hydrogen-bond acceptors (Lipinski definition) is 6. The highest BCUT2D eigenvalue weighted by Gasteiger charge is 2.43. The maximum absolute atomic E-state index is 12.0. The number of carbonyl (C=O) groups excluding carboxylic acids is 2. The van der Waals surface area contributed by atoms with Crippen LogP contribution in [0.3, 0.4) is 0 Å². The Kier molecular flexibility index (Phi) is 5.16. The molecule has 0 bridgehead atoms. The number of benzene rings is 1. The highest BCUT2D eigenvalue weighted by molar-refractivity contribution is 6.35. The van der Waals surface area contributed by atoms with Crippen LogP contribution in [0.5, 0.6) is 5.75 Å². The molecule has 2 rings (SSSR count). The van der Waals surface area contributed by atoms with E-state index >= 15 is 0 Å². The van der Waals surface area contributed by atoms with Gasteiger partial charge in [0.15, 0.2) is 12.2 Å². The fraction of sp³-hybridized carbons (Fsp3) is 0.429. The molecule has 0 amide bonds. The van der Waals surface area contributed by atoms with Crippen LogP contribution in [0.1, 0.15) is 17.9 Å². The van der Waals surface area contributed by atoms with Crippen molar-refractivity contribution in [3.8, 4) is 5.75 Å². The molecule has 8 heteroatoms. The minimum Gasteiger partial charge on any atom is -0.468 e. The lowest BCUT2D eigenvalue weighted by Crippen LogP contribution is -2.37. The Balaban J connectivity index is 2.55. The number of methoxy groups -OCH3 is 2. The molecule has 1 aliphatic heterocycles. The van der Waals surface area contributed by atoms with Crippen molar-refractivity contribution in [2.75, 3.05) is 14.2 Å². The molecule has 1 unspecified atom stereocenters. The predicted octanol–water partition coefficient (Wildman–Crippen LogP) is 2.14. The summed E-state index contributed by atoms with van der Waals surface area (Å²) in [6.45, 7) is 0. The molecule has 1 aliphatic rings. The second-order valence-corrected chi connectivity index (χ2v) is 5.59. The summed E-state index contributed by atoms with van der Waals surface area (Å²) in [5.74, 6) is -3.33. The monoisotopic (exact) mass is 348 g/mol. The summed E-state index contributed by atoms with van der Waals surface area (Å²) in [5, 5.41) is 10.4. The lowest BCUT2D eigenvalue weighted by molar-refractivity contribution is -0.161. The van der Waals surface area contributed by atoms with Crippen LogP contribution in [0.2, 0.25) is 10.0 Å². The molecule has 0 saturated heterocycles. The second-order valence-electron chi connectivity index (χ2n) is 4.74. The van der Waals surface area contributed by atoms with Crippen molar-refractivity contribution in [1.29, 1.82) is 0 Å². The van der Waals surface area contributed by atoms with Gasteiger partial charge in [0.25, 0.3) is 0 Å². The van der Waals surface area contributed by atoms with Gasteiger partial charge in [0, 0.05) is 22.9 Å². The molecule has 2 atom stereocenters. The number of rotatable bonds is 3. The van der Waals surface area contributed by atoms with Crippen molar-refractivity contribution in [2.24, 2.45) is 5.92 Å². The van der Waals surface area contributed by atoms with Gasteiger partial charge in [-0.15, -0.1) is 0 Å². The molecule has 120 valence electrons. The molecule has 0 aromatic heterocycles. The van der Waals surface area contributed by atoms with Crippen LogP contribution in [0, 0.1) is 5.92 Å². The van der Waals surface area contributed by atoms with Gasteiger partial charge in [-0.25, -0.2) is 0 Å². The molecular formula is C14H14Cl2O6. The Bertz CT molecular complexity index is 587. The first-order chi connectivity index (χ1) is 10.4. The first kappa shape index (κ1) is 16.9. The Hall–Kier alpha value is -1.50. The summed E-state index contributed by atoms with van der Waals surface area (Å²) in [4.78, 5) is 24.0. The highest BCUT2D eigenvalue weighted by Crippen LogP contribution is 2.45. The van der Waals surface area contributed by atoms with Crippen molar-refractivity contribution < 1.29 is 28.9 Å². The molecule has 0 saturated carbocycles. The van der Waals surface area contributed by atoms with Crippen molar-refractivity contribution in [3.63, 3.8) is 0 Å². The van der Waals surface area contributed by atoms with Crippen molar-refractivity contribution in [1.82, 2.24) is 0 Å². The topological polar surface area (TPSA) is 82.1 Å². The van der Waals surface area contributed by atoms with E-state index in [0.717, 1.165) is 0 Å². The van der Waals surface area contributed by atoms with Crippen LogP contribution in [0.4, 0.5) is 0 Å². The fourth-order valence-corrected chi connectivity index (χ4v) is 3.06. The van der Waals surface area contributed by atoms with Gasteiger partial charge >= 0.3 is 11.9 Å². The van der Waals surface area contributed by atoms with Crippen LogP contribution >= 0.6 is 23.2 Å². The molecular weight excluding hydrogens is 335 g/mol. The molecule has 0 spiro atoms. The van der Waals surface area contributed by atoms with E-state index in [1.807, 2.05) is 0 Å². The number of aliphatic hydroxyl groups is 1. The Morgan fingerprint density at radius 1 is 1.27 bits per heavy atom. The maximum Gasteiger partial charge on any atom is 0.320 e. The fourth-order valence-electron chi connectivity index (χ4n) is 2.50. The van der Waals surface area contributed by atoms with Gasteiger partial charge in [0.1, 0.15) is 5.75 Å². The lowest BCUT2D eigenvalue weighted by atomic mass is 9.81. The normalized spacial score (nSPS) is 20.1. The van der Waals surface area contributed by atoms with Crippen LogP contribution in [0.25, 0.3) is 0 Å². The summed E-state index contributed by atoms with van der Waals surface area (Å²) >= 11 is 12.0. The zero-order valence-corrected chi connectivity index (χ0v) is 13.4. The third-order valence-electron chi connectivity index (χ3n) is 3.46. The van der Waals surface area contributed by atoms with Gasteiger partial charge in [-0.1, -0.05) is 23.2 Å². The SMILES string of the molecule is COC(=O)C(C(=O)OC)[C@H]1CC(O)Oc2c(Cl)cc(Cl)cc21. The zero-order chi connectivity index (χ0) is 16.4. The Morgan fingerprint density at radius 2 is 1.86 bits per heavy atom. The minimum atomic E-state index is -1.25. The molecule has 0 radical (unpaired) electrons. The number of aliphatic hydroxyl groups excluding tert-OH is 1. The molecule has 0 fully saturated rings. The van der Waals surface area contributed by atoms with Crippen molar-refractivity contribution >= 4 is 35.1 Å². The van der Waals surface area contributed by atoms with E-state index in [1.165, 1.54) is 26.4 Å². The lowest BCUT2D eigenvalue weighted by Gasteiger charge is -2.32. The quantitative estimate of drug-likeness (QED) is 0.665. The molecule has 1 heterocycles. The summed E-state index contributed by atoms with van der Waals surface area (Å²) in [7, 11) is 2.33. The highest BCUT2D eigenvalue weighted by atomic mass is 35.5. The number of carbonyl (C=O) groups is 2. The van der Waals surface area contributed by atoms with Gasteiger partial charge in [0.05, 0.1) is 19.2 Å². The smallest absolute Gasteiger partial charge is 0.320 e. The van der Waals surface area contributed by atoms with Crippen LogP contribution < -0.4 is 4.74 Å². The maximum atomic E-state index is 12.0. The van der Waals surface area contributed by atoms with E-state index in [-0.39, 0.29) is 17.2 Å². The predicted molar refractivity (Wildman–Crippen MR) is 78.0 cm³/mol.